The number of hydrogen-bond donors (Lipinski definition) is 1. The van der Waals surface area contributed by atoms with Gasteiger partial charge in [-0.25, -0.2) is 0 Å². The number of nitrogens with one attached hydrogen (secondary N) is 1. The predicted octanol–water partition coefficient (Wildman–Crippen LogP) is 3.02. The van der Waals surface area contributed by atoms with E-state index in [0.29, 0.717) is 23.1 Å². The normalized spacial score (nSPS) is 31.1. The van der Waals surface area contributed by atoms with Gasteiger partial charge in [-0.05, 0) is 37.3 Å². The molecule has 23 heavy (non-hydrogen) atoms. The minimum absolute atomic E-state index is 0.000635. The minimum Gasteiger partial charge on any atom is -0.492 e. The first kappa shape index (κ1) is 15.0. The molecule has 2 saturated carbocycles. The maximum atomic E-state index is 12.8. The average Bonchev–Trinajstić information content (AvgIpc) is 3.26. The third kappa shape index (κ3) is 2.63. The molecule has 4 heteroatoms. The zero-order valence-corrected chi connectivity index (χ0v) is 13.9. The van der Waals surface area contributed by atoms with Crippen molar-refractivity contribution < 1.29 is 14.3 Å². The summed E-state index contributed by atoms with van der Waals surface area (Å²) in [4.78, 5) is 12.8. The van der Waals surface area contributed by atoms with E-state index in [1.165, 1.54) is 12.8 Å². The van der Waals surface area contributed by atoms with Crippen LogP contribution in [-0.2, 0) is 4.74 Å². The van der Waals surface area contributed by atoms with E-state index in [9.17, 15) is 4.79 Å². The summed E-state index contributed by atoms with van der Waals surface area (Å²) in [7, 11) is 0. The third-order valence-corrected chi connectivity index (χ3v) is 5.69. The molecule has 0 unspecified atom stereocenters. The fourth-order valence-corrected chi connectivity index (χ4v) is 4.11. The SMILES string of the molecule is CC1(C)[C@H](NC(=O)c2ccccc2OCC2CC2)[C@H]2CCO[C@H]21. The van der Waals surface area contributed by atoms with E-state index in [2.05, 4.69) is 19.2 Å². The lowest BCUT2D eigenvalue weighted by atomic mass is 9.57. The summed E-state index contributed by atoms with van der Waals surface area (Å²) < 4.78 is 11.7. The molecule has 0 radical (unpaired) electrons. The van der Waals surface area contributed by atoms with E-state index < -0.39 is 0 Å². The Labute approximate surface area is 137 Å². The van der Waals surface area contributed by atoms with Gasteiger partial charge in [-0.3, -0.25) is 4.79 Å². The molecule has 1 aromatic carbocycles. The summed E-state index contributed by atoms with van der Waals surface area (Å²) in [5.74, 6) is 1.80. The molecule has 124 valence electrons. The van der Waals surface area contributed by atoms with Gasteiger partial charge in [0.05, 0.1) is 18.3 Å². The summed E-state index contributed by atoms with van der Waals surface area (Å²) >= 11 is 0. The van der Waals surface area contributed by atoms with Crippen LogP contribution in [0.25, 0.3) is 0 Å². The van der Waals surface area contributed by atoms with E-state index in [-0.39, 0.29) is 23.5 Å². The Morgan fingerprint density at radius 3 is 2.87 bits per heavy atom. The van der Waals surface area contributed by atoms with Gasteiger partial charge in [-0.2, -0.15) is 0 Å². The van der Waals surface area contributed by atoms with Crippen LogP contribution in [0.1, 0.15) is 43.5 Å². The van der Waals surface area contributed by atoms with Crippen LogP contribution in [0, 0.1) is 17.3 Å². The highest BCUT2D eigenvalue weighted by Gasteiger charge is 2.59. The van der Waals surface area contributed by atoms with E-state index in [1.807, 2.05) is 24.3 Å². The summed E-state index contributed by atoms with van der Waals surface area (Å²) in [5.41, 5.74) is 0.645. The van der Waals surface area contributed by atoms with Crippen molar-refractivity contribution in [3.05, 3.63) is 29.8 Å². The van der Waals surface area contributed by atoms with Gasteiger partial charge in [0.2, 0.25) is 0 Å². The topological polar surface area (TPSA) is 47.6 Å². The summed E-state index contributed by atoms with van der Waals surface area (Å²) in [6.07, 6.45) is 3.81. The van der Waals surface area contributed by atoms with Gasteiger partial charge >= 0.3 is 0 Å². The molecule has 2 aliphatic carbocycles. The molecule has 3 atom stereocenters. The molecule has 0 aromatic heterocycles. The predicted molar refractivity (Wildman–Crippen MR) is 87.5 cm³/mol. The molecule has 3 aliphatic rings. The van der Waals surface area contributed by atoms with Crippen LogP contribution < -0.4 is 10.1 Å². The van der Waals surface area contributed by atoms with Crippen molar-refractivity contribution in [1.82, 2.24) is 5.32 Å². The summed E-state index contributed by atoms with van der Waals surface area (Å²) in [6.45, 7) is 5.89. The molecule has 1 aliphatic heterocycles. The van der Waals surface area contributed by atoms with Crippen LogP contribution in [0.15, 0.2) is 24.3 Å². The van der Waals surface area contributed by atoms with Crippen molar-refractivity contribution in [2.24, 2.45) is 17.3 Å². The van der Waals surface area contributed by atoms with Gasteiger partial charge in [0.15, 0.2) is 0 Å². The smallest absolute Gasteiger partial charge is 0.255 e. The molecular weight excluding hydrogens is 290 g/mol. The minimum atomic E-state index is -0.0279. The summed E-state index contributed by atoms with van der Waals surface area (Å²) in [6, 6.07) is 7.75. The van der Waals surface area contributed by atoms with Crippen LogP contribution in [-0.4, -0.2) is 31.3 Å². The molecule has 0 spiro atoms. The zero-order chi connectivity index (χ0) is 16.0. The molecule has 1 aromatic rings. The molecule has 1 N–H and O–H groups in total. The highest BCUT2D eigenvalue weighted by atomic mass is 16.5. The lowest BCUT2D eigenvalue weighted by Crippen LogP contribution is -2.66. The standard InChI is InChI=1S/C19H25NO3/c1-19(2)16(14-9-10-22-17(14)19)20-18(21)13-5-3-4-6-15(13)23-11-12-7-8-12/h3-6,12,14,16-17H,7-11H2,1-2H3,(H,20,21)/t14-,16-,17-/m1/s1. The number of carbonyl (C=O) groups is 1. The first-order valence-electron chi connectivity index (χ1n) is 8.71. The van der Waals surface area contributed by atoms with Gasteiger partial charge < -0.3 is 14.8 Å². The second-order valence-corrected chi connectivity index (χ2v) is 7.77. The number of carbonyl (C=O) groups excluding carboxylic acids is 1. The van der Waals surface area contributed by atoms with Crippen molar-refractivity contribution in [3.63, 3.8) is 0 Å². The van der Waals surface area contributed by atoms with E-state index in [1.54, 1.807) is 0 Å². The van der Waals surface area contributed by atoms with Crippen LogP contribution in [0.4, 0.5) is 0 Å². The number of rotatable bonds is 5. The van der Waals surface area contributed by atoms with Crippen molar-refractivity contribution in [2.75, 3.05) is 13.2 Å². The molecule has 4 nitrogen and oxygen atoms in total. The van der Waals surface area contributed by atoms with Crippen LogP contribution in [0.5, 0.6) is 5.75 Å². The number of para-hydroxylation sites is 1. The van der Waals surface area contributed by atoms with E-state index >= 15 is 0 Å². The Morgan fingerprint density at radius 1 is 1.30 bits per heavy atom. The van der Waals surface area contributed by atoms with Gasteiger partial charge in [0, 0.05) is 24.0 Å². The lowest BCUT2D eigenvalue weighted by Gasteiger charge is -2.54. The maximum absolute atomic E-state index is 12.8. The van der Waals surface area contributed by atoms with Crippen molar-refractivity contribution in [3.8, 4) is 5.75 Å². The Bertz CT molecular complexity index is 608. The second-order valence-electron chi connectivity index (χ2n) is 7.77. The van der Waals surface area contributed by atoms with Gasteiger partial charge in [0.1, 0.15) is 5.75 Å². The highest BCUT2D eigenvalue weighted by Crippen LogP contribution is 2.52. The molecule has 4 rings (SSSR count). The molecule has 3 fully saturated rings. The Morgan fingerprint density at radius 2 is 2.09 bits per heavy atom. The molecule has 0 bridgehead atoms. The fourth-order valence-electron chi connectivity index (χ4n) is 4.11. The number of amides is 1. The molecular formula is C19H25NO3. The van der Waals surface area contributed by atoms with Crippen LogP contribution >= 0.6 is 0 Å². The number of hydrogen-bond acceptors (Lipinski definition) is 3. The Hall–Kier alpha value is -1.55. The third-order valence-electron chi connectivity index (χ3n) is 5.69. The Balaban J connectivity index is 1.46. The van der Waals surface area contributed by atoms with Crippen molar-refractivity contribution in [1.29, 1.82) is 0 Å². The first-order valence-corrected chi connectivity index (χ1v) is 8.71. The number of benzene rings is 1. The zero-order valence-electron chi connectivity index (χ0n) is 13.9. The van der Waals surface area contributed by atoms with Gasteiger partial charge in [-0.15, -0.1) is 0 Å². The number of ether oxygens (including phenoxy) is 2. The average molecular weight is 315 g/mol. The first-order chi connectivity index (χ1) is 11.1. The number of fused-ring (bicyclic) bond motifs is 1. The Kier molecular flexibility index (Phi) is 3.60. The molecule has 1 heterocycles. The highest BCUT2D eigenvalue weighted by molar-refractivity contribution is 5.97. The second kappa shape index (κ2) is 5.52. The van der Waals surface area contributed by atoms with Crippen LogP contribution in [0.3, 0.4) is 0 Å². The van der Waals surface area contributed by atoms with Crippen LogP contribution in [0.2, 0.25) is 0 Å². The van der Waals surface area contributed by atoms with Gasteiger partial charge in [0.25, 0.3) is 5.91 Å². The maximum Gasteiger partial charge on any atom is 0.255 e. The van der Waals surface area contributed by atoms with E-state index in [4.69, 9.17) is 9.47 Å². The quantitative estimate of drug-likeness (QED) is 0.908. The van der Waals surface area contributed by atoms with Crippen molar-refractivity contribution >= 4 is 5.91 Å². The summed E-state index contributed by atoms with van der Waals surface area (Å²) in [5, 5.41) is 3.24. The largest absolute Gasteiger partial charge is 0.492 e. The van der Waals surface area contributed by atoms with E-state index in [0.717, 1.165) is 19.6 Å². The molecule has 1 amide bonds. The van der Waals surface area contributed by atoms with Gasteiger partial charge in [-0.1, -0.05) is 26.0 Å². The monoisotopic (exact) mass is 315 g/mol. The fraction of sp³-hybridized carbons (Fsp3) is 0.632. The molecule has 1 saturated heterocycles. The lowest BCUT2D eigenvalue weighted by molar-refractivity contribution is -0.108. The van der Waals surface area contributed by atoms with Crippen molar-refractivity contribution in [2.45, 2.75) is 45.3 Å².